The Bertz CT molecular complexity index is 809. The molecule has 6 heteroatoms. The van der Waals surface area contributed by atoms with E-state index in [2.05, 4.69) is 11.4 Å². The van der Waals surface area contributed by atoms with Crippen molar-refractivity contribution in [3.63, 3.8) is 0 Å². The first-order valence-corrected chi connectivity index (χ1v) is 8.78. The predicted octanol–water partition coefficient (Wildman–Crippen LogP) is 5.08. The summed E-state index contributed by atoms with van der Waals surface area (Å²) in [6.45, 7) is 1.01. The van der Waals surface area contributed by atoms with E-state index in [1.54, 1.807) is 23.1 Å². The Morgan fingerprint density at radius 3 is 2.40 bits per heavy atom. The molecule has 0 atom stereocenters. The van der Waals surface area contributed by atoms with Gasteiger partial charge in [-0.05, 0) is 30.5 Å². The lowest BCUT2D eigenvalue weighted by molar-refractivity contribution is 0.183. The van der Waals surface area contributed by atoms with Crippen molar-refractivity contribution in [2.45, 2.75) is 18.3 Å². The van der Waals surface area contributed by atoms with Gasteiger partial charge in [-0.15, -0.1) is 0 Å². The highest BCUT2D eigenvalue weighted by atomic mass is 35.5. The minimum absolute atomic E-state index is 0.233. The number of amides is 2. The van der Waals surface area contributed by atoms with Gasteiger partial charge in [-0.1, -0.05) is 59.6 Å². The maximum absolute atomic E-state index is 12.5. The van der Waals surface area contributed by atoms with Crippen molar-refractivity contribution in [3.8, 4) is 6.07 Å². The van der Waals surface area contributed by atoms with Crippen molar-refractivity contribution < 1.29 is 4.79 Å². The van der Waals surface area contributed by atoms with Crippen molar-refractivity contribution in [1.82, 2.24) is 4.90 Å². The summed E-state index contributed by atoms with van der Waals surface area (Å²) in [7, 11) is 0. The molecule has 25 heavy (non-hydrogen) atoms. The predicted molar refractivity (Wildman–Crippen MR) is 100 cm³/mol. The van der Waals surface area contributed by atoms with Crippen LogP contribution < -0.4 is 5.32 Å². The number of nitrogens with zero attached hydrogens (tertiary/aromatic N) is 2. The van der Waals surface area contributed by atoms with Crippen LogP contribution in [0.25, 0.3) is 0 Å². The first kappa shape index (κ1) is 17.6. The fourth-order valence-electron chi connectivity index (χ4n) is 3.11. The fourth-order valence-corrected chi connectivity index (χ4v) is 3.46. The maximum Gasteiger partial charge on any atom is 0.321 e. The second kappa shape index (κ2) is 7.35. The number of rotatable bonds is 2. The van der Waals surface area contributed by atoms with E-state index in [0.29, 0.717) is 41.7 Å². The van der Waals surface area contributed by atoms with Crippen molar-refractivity contribution in [3.05, 3.63) is 64.1 Å². The molecule has 1 N–H and O–H groups in total. The Kier molecular flexibility index (Phi) is 5.17. The van der Waals surface area contributed by atoms with Crippen LogP contribution in [-0.2, 0) is 5.41 Å². The summed E-state index contributed by atoms with van der Waals surface area (Å²) in [5, 5.41) is 13.2. The third-order valence-corrected chi connectivity index (χ3v) is 5.46. The fraction of sp³-hybridized carbons (Fsp3) is 0.263. The summed E-state index contributed by atoms with van der Waals surface area (Å²) < 4.78 is 0. The van der Waals surface area contributed by atoms with Crippen LogP contribution >= 0.6 is 23.2 Å². The average molecular weight is 374 g/mol. The van der Waals surface area contributed by atoms with Crippen molar-refractivity contribution in [2.24, 2.45) is 0 Å². The normalized spacial score (nSPS) is 16.1. The molecule has 0 aliphatic carbocycles. The summed E-state index contributed by atoms with van der Waals surface area (Å²) in [6.07, 6.45) is 1.20. The first-order chi connectivity index (χ1) is 12.1. The summed E-state index contributed by atoms with van der Waals surface area (Å²) in [5.41, 5.74) is 0.959. The number of carbonyl (C=O) groups excluding carboxylic acids is 1. The highest BCUT2D eigenvalue weighted by Crippen LogP contribution is 2.35. The van der Waals surface area contributed by atoms with E-state index in [1.165, 1.54) is 0 Å². The molecule has 2 amide bonds. The molecule has 2 aromatic rings. The van der Waals surface area contributed by atoms with Gasteiger partial charge < -0.3 is 10.2 Å². The molecule has 0 radical (unpaired) electrons. The molecule has 1 heterocycles. The minimum atomic E-state index is -0.536. The molecule has 0 bridgehead atoms. The number of nitriles is 1. The van der Waals surface area contributed by atoms with Gasteiger partial charge in [-0.2, -0.15) is 5.26 Å². The molecule has 1 saturated heterocycles. The SMILES string of the molecule is N#CC1(c2ccccc2)CCN(C(=O)Nc2cccc(Cl)c2Cl)CC1. The second-order valence-electron chi connectivity index (χ2n) is 6.08. The van der Waals surface area contributed by atoms with Crippen molar-refractivity contribution in [2.75, 3.05) is 18.4 Å². The average Bonchev–Trinajstić information content (AvgIpc) is 2.66. The minimum Gasteiger partial charge on any atom is -0.324 e. The molecule has 0 unspecified atom stereocenters. The highest BCUT2D eigenvalue weighted by molar-refractivity contribution is 6.43. The molecular weight excluding hydrogens is 357 g/mol. The van der Waals surface area contributed by atoms with Gasteiger partial charge >= 0.3 is 6.03 Å². The van der Waals surface area contributed by atoms with Gasteiger partial charge in [0, 0.05) is 13.1 Å². The van der Waals surface area contributed by atoms with Crippen molar-refractivity contribution in [1.29, 1.82) is 5.26 Å². The highest BCUT2D eigenvalue weighted by Gasteiger charge is 2.37. The number of carbonyl (C=O) groups is 1. The lowest BCUT2D eigenvalue weighted by Gasteiger charge is -2.37. The number of halogens is 2. The second-order valence-corrected chi connectivity index (χ2v) is 6.86. The summed E-state index contributed by atoms with van der Waals surface area (Å²) in [6, 6.07) is 17.1. The van der Waals surface area contributed by atoms with Gasteiger partial charge in [0.25, 0.3) is 0 Å². The van der Waals surface area contributed by atoms with Crippen LogP contribution in [0.15, 0.2) is 48.5 Å². The maximum atomic E-state index is 12.5. The Morgan fingerprint density at radius 1 is 1.08 bits per heavy atom. The Labute approximate surface area is 157 Å². The van der Waals surface area contributed by atoms with Crippen LogP contribution in [0.4, 0.5) is 10.5 Å². The van der Waals surface area contributed by atoms with E-state index in [-0.39, 0.29) is 6.03 Å². The first-order valence-electron chi connectivity index (χ1n) is 8.02. The number of likely N-dealkylation sites (tertiary alicyclic amines) is 1. The van der Waals surface area contributed by atoms with Crippen LogP contribution in [0.2, 0.25) is 10.0 Å². The molecule has 1 aliphatic heterocycles. The van der Waals surface area contributed by atoms with Gasteiger partial charge in [0.05, 0.1) is 27.2 Å². The van der Waals surface area contributed by atoms with Gasteiger partial charge in [-0.25, -0.2) is 4.79 Å². The van der Waals surface area contributed by atoms with Gasteiger partial charge in [0.2, 0.25) is 0 Å². The van der Waals surface area contributed by atoms with Crippen LogP contribution in [0.5, 0.6) is 0 Å². The quantitative estimate of drug-likeness (QED) is 0.797. The lowest BCUT2D eigenvalue weighted by atomic mass is 9.74. The number of anilines is 1. The number of hydrogen-bond acceptors (Lipinski definition) is 2. The Hall–Kier alpha value is -2.22. The van der Waals surface area contributed by atoms with E-state index in [4.69, 9.17) is 23.2 Å². The van der Waals surface area contributed by atoms with Gasteiger partial charge in [-0.3, -0.25) is 0 Å². The Morgan fingerprint density at radius 2 is 1.76 bits per heavy atom. The van der Waals surface area contributed by atoms with Gasteiger partial charge in [0.1, 0.15) is 0 Å². The van der Waals surface area contributed by atoms with Crippen LogP contribution in [0.1, 0.15) is 18.4 Å². The van der Waals surface area contributed by atoms with E-state index in [9.17, 15) is 10.1 Å². The third kappa shape index (κ3) is 3.58. The number of hydrogen-bond donors (Lipinski definition) is 1. The smallest absolute Gasteiger partial charge is 0.321 e. The zero-order valence-electron chi connectivity index (χ0n) is 13.5. The van der Waals surface area contributed by atoms with Crippen LogP contribution in [-0.4, -0.2) is 24.0 Å². The number of benzene rings is 2. The standard InChI is InChI=1S/C19H17Cl2N3O/c20-15-7-4-8-16(17(15)21)23-18(25)24-11-9-19(13-22,10-12-24)14-5-2-1-3-6-14/h1-8H,9-12H2,(H,23,25). The zero-order valence-corrected chi connectivity index (χ0v) is 15.0. The molecule has 1 fully saturated rings. The number of urea groups is 1. The van der Waals surface area contributed by atoms with Gasteiger partial charge in [0.15, 0.2) is 0 Å². The summed E-state index contributed by atoms with van der Waals surface area (Å²) in [4.78, 5) is 14.2. The molecule has 128 valence electrons. The van der Waals surface area contributed by atoms with Crippen molar-refractivity contribution >= 4 is 34.9 Å². The third-order valence-electron chi connectivity index (χ3n) is 4.64. The molecule has 2 aromatic carbocycles. The molecule has 0 aromatic heterocycles. The largest absolute Gasteiger partial charge is 0.324 e. The van der Waals surface area contributed by atoms with E-state index in [0.717, 1.165) is 5.56 Å². The Balaban J connectivity index is 1.69. The van der Waals surface area contributed by atoms with E-state index >= 15 is 0 Å². The molecular formula is C19H17Cl2N3O. The molecule has 0 spiro atoms. The molecule has 3 rings (SSSR count). The monoisotopic (exact) mass is 373 g/mol. The van der Waals surface area contributed by atoms with E-state index in [1.807, 2.05) is 30.3 Å². The molecule has 1 aliphatic rings. The van der Waals surface area contributed by atoms with Crippen LogP contribution in [0, 0.1) is 11.3 Å². The number of piperidine rings is 1. The topological polar surface area (TPSA) is 56.1 Å². The summed E-state index contributed by atoms with van der Waals surface area (Å²) >= 11 is 12.1. The summed E-state index contributed by atoms with van der Waals surface area (Å²) in [5.74, 6) is 0. The molecule has 0 saturated carbocycles. The number of nitrogens with one attached hydrogen (secondary N) is 1. The lowest BCUT2D eigenvalue weighted by Crippen LogP contribution is -2.46. The molecule has 4 nitrogen and oxygen atoms in total. The van der Waals surface area contributed by atoms with Crippen LogP contribution in [0.3, 0.4) is 0 Å². The zero-order chi connectivity index (χ0) is 17.9. The van der Waals surface area contributed by atoms with E-state index < -0.39 is 5.41 Å².